The van der Waals surface area contributed by atoms with Crippen LogP contribution in [0.2, 0.25) is 0 Å². The molecule has 15 heavy (non-hydrogen) atoms. The molecule has 0 aromatic rings. The molecule has 0 fully saturated rings. The van der Waals surface area contributed by atoms with Gasteiger partial charge in [-0.2, -0.15) is 18.3 Å². The highest BCUT2D eigenvalue weighted by Gasteiger charge is 2.49. The van der Waals surface area contributed by atoms with Crippen LogP contribution in [0.1, 0.15) is 13.8 Å². The monoisotopic (exact) mass is 262 g/mol. The Kier molecular flexibility index (Phi) is 2.64. The number of alkyl halides is 3. The third-order valence-corrected chi connectivity index (χ3v) is 3.33. The van der Waals surface area contributed by atoms with E-state index in [1.807, 2.05) is 0 Å². The van der Waals surface area contributed by atoms with Crippen molar-refractivity contribution in [1.29, 1.82) is 0 Å². The van der Waals surface area contributed by atoms with Crippen LogP contribution in [0.4, 0.5) is 13.2 Å². The van der Waals surface area contributed by atoms with E-state index in [1.54, 1.807) is 0 Å². The minimum Gasteiger partial charge on any atom is -0.207 e. The molecule has 0 bridgehead atoms. The standard InChI is InChI=1S/C6H6ClF3N2O2S/c1-5(2)4(15(7,13)14)3(11-12-5)6(8,9)10/h1-2H3. The van der Waals surface area contributed by atoms with Gasteiger partial charge in [-0.1, -0.05) is 0 Å². The number of azo groups is 1. The molecule has 1 rings (SSSR count). The Bertz CT molecular complexity index is 449. The van der Waals surface area contributed by atoms with Gasteiger partial charge in [0.05, 0.1) is 0 Å². The first-order chi connectivity index (χ1) is 6.46. The average Bonchev–Trinajstić information content (AvgIpc) is 2.21. The van der Waals surface area contributed by atoms with E-state index < -0.39 is 31.4 Å². The molecular weight excluding hydrogens is 257 g/mol. The van der Waals surface area contributed by atoms with Gasteiger partial charge in [-0.25, -0.2) is 8.42 Å². The molecule has 0 radical (unpaired) electrons. The van der Waals surface area contributed by atoms with E-state index in [2.05, 4.69) is 10.2 Å². The van der Waals surface area contributed by atoms with Gasteiger partial charge in [0, 0.05) is 10.7 Å². The van der Waals surface area contributed by atoms with Gasteiger partial charge >= 0.3 is 6.18 Å². The molecule has 0 amide bonds. The van der Waals surface area contributed by atoms with Crippen molar-refractivity contribution in [2.75, 3.05) is 0 Å². The molecule has 86 valence electrons. The zero-order valence-electron chi connectivity index (χ0n) is 7.63. The number of nitrogens with zero attached hydrogens (tertiary/aromatic N) is 2. The molecule has 0 spiro atoms. The second-order valence-corrected chi connectivity index (χ2v) is 5.88. The highest BCUT2D eigenvalue weighted by molar-refractivity contribution is 8.16. The molecule has 0 saturated heterocycles. The lowest BCUT2D eigenvalue weighted by Gasteiger charge is -2.15. The Morgan fingerprint density at radius 2 is 1.80 bits per heavy atom. The van der Waals surface area contributed by atoms with Crippen molar-refractivity contribution in [2.24, 2.45) is 10.2 Å². The van der Waals surface area contributed by atoms with Crippen molar-refractivity contribution in [2.45, 2.75) is 25.6 Å². The van der Waals surface area contributed by atoms with E-state index in [0.29, 0.717) is 0 Å². The van der Waals surface area contributed by atoms with Gasteiger partial charge in [-0.15, -0.1) is 5.11 Å². The van der Waals surface area contributed by atoms with Crippen molar-refractivity contribution in [3.63, 3.8) is 0 Å². The minimum atomic E-state index is -4.88. The molecule has 0 N–H and O–H groups in total. The summed E-state index contributed by atoms with van der Waals surface area (Å²) in [5, 5.41) is 6.05. The third kappa shape index (κ3) is 2.31. The van der Waals surface area contributed by atoms with Crippen LogP contribution in [0.5, 0.6) is 0 Å². The van der Waals surface area contributed by atoms with E-state index in [0.717, 1.165) is 0 Å². The van der Waals surface area contributed by atoms with Crippen LogP contribution in [0.15, 0.2) is 20.8 Å². The quantitative estimate of drug-likeness (QED) is 0.682. The lowest BCUT2D eigenvalue weighted by Crippen LogP contribution is -2.24. The van der Waals surface area contributed by atoms with Gasteiger partial charge in [-0.3, -0.25) is 0 Å². The topological polar surface area (TPSA) is 58.9 Å². The predicted molar refractivity (Wildman–Crippen MR) is 46.8 cm³/mol. The summed E-state index contributed by atoms with van der Waals surface area (Å²) in [6.45, 7) is 2.37. The summed E-state index contributed by atoms with van der Waals surface area (Å²) in [5.41, 5.74) is -3.13. The van der Waals surface area contributed by atoms with E-state index in [4.69, 9.17) is 10.7 Å². The number of hydrogen-bond donors (Lipinski definition) is 0. The molecule has 0 aliphatic carbocycles. The zero-order valence-corrected chi connectivity index (χ0v) is 9.20. The zero-order chi connectivity index (χ0) is 12.1. The highest BCUT2D eigenvalue weighted by Crippen LogP contribution is 2.43. The Morgan fingerprint density at radius 1 is 1.33 bits per heavy atom. The maximum atomic E-state index is 12.3. The summed E-state index contributed by atoms with van der Waals surface area (Å²) in [5.74, 6) is 0. The smallest absolute Gasteiger partial charge is 0.207 e. The maximum absolute atomic E-state index is 12.3. The molecular formula is C6H6ClF3N2O2S. The Hall–Kier alpha value is -0.630. The molecule has 0 saturated carbocycles. The van der Waals surface area contributed by atoms with Crippen LogP contribution >= 0.6 is 10.7 Å². The second kappa shape index (κ2) is 3.18. The lowest BCUT2D eigenvalue weighted by molar-refractivity contribution is -0.0928. The summed E-state index contributed by atoms with van der Waals surface area (Å²) in [7, 11) is 0.421. The fourth-order valence-corrected chi connectivity index (χ4v) is 2.97. The third-order valence-electron chi connectivity index (χ3n) is 1.68. The van der Waals surface area contributed by atoms with E-state index in [1.165, 1.54) is 13.8 Å². The Labute approximate surface area is 88.2 Å². The molecule has 0 unspecified atom stereocenters. The summed E-state index contributed by atoms with van der Waals surface area (Å²) >= 11 is 0. The Morgan fingerprint density at radius 3 is 2.07 bits per heavy atom. The minimum absolute atomic E-state index is 1.01. The van der Waals surface area contributed by atoms with Crippen molar-refractivity contribution in [3.8, 4) is 0 Å². The molecule has 9 heteroatoms. The van der Waals surface area contributed by atoms with Gasteiger partial charge in [-0.05, 0) is 13.8 Å². The highest BCUT2D eigenvalue weighted by atomic mass is 35.7. The van der Waals surface area contributed by atoms with Crippen LogP contribution in [-0.4, -0.2) is 20.1 Å². The number of halogens is 4. The van der Waals surface area contributed by atoms with Gasteiger partial charge in [0.15, 0.2) is 5.70 Å². The summed E-state index contributed by atoms with van der Waals surface area (Å²) in [6.07, 6.45) is -4.88. The van der Waals surface area contributed by atoms with Gasteiger partial charge in [0.1, 0.15) is 10.4 Å². The SMILES string of the molecule is CC1(C)N=NC(C(F)(F)F)=C1S(=O)(=O)Cl. The first-order valence-corrected chi connectivity index (χ1v) is 5.97. The molecule has 1 aliphatic heterocycles. The van der Waals surface area contributed by atoms with Gasteiger partial charge < -0.3 is 0 Å². The number of allylic oxidation sites excluding steroid dienone is 1. The van der Waals surface area contributed by atoms with E-state index >= 15 is 0 Å². The molecule has 1 aliphatic rings. The molecule has 0 aromatic heterocycles. The first kappa shape index (κ1) is 12.4. The van der Waals surface area contributed by atoms with Crippen LogP contribution in [0.3, 0.4) is 0 Å². The summed E-state index contributed by atoms with van der Waals surface area (Å²) in [4.78, 5) is -1.01. The molecule has 4 nitrogen and oxygen atoms in total. The normalized spacial score (nSPS) is 21.2. The second-order valence-electron chi connectivity index (χ2n) is 3.37. The van der Waals surface area contributed by atoms with Crippen LogP contribution in [0.25, 0.3) is 0 Å². The Balaban J connectivity index is 3.51. The van der Waals surface area contributed by atoms with E-state index in [9.17, 15) is 21.6 Å². The summed E-state index contributed by atoms with van der Waals surface area (Å²) in [6, 6.07) is 0. The van der Waals surface area contributed by atoms with E-state index in [-0.39, 0.29) is 0 Å². The molecule has 1 heterocycles. The fourth-order valence-electron chi connectivity index (χ4n) is 1.15. The van der Waals surface area contributed by atoms with Crippen LogP contribution in [-0.2, 0) is 9.05 Å². The number of rotatable bonds is 1. The van der Waals surface area contributed by atoms with Gasteiger partial charge in [0.25, 0.3) is 9.05 Å². The fraction of sp³-hybridized carbons (Fsp3) is 0.667. The predicted octanol–water partition coefficient (Wildman–Crippen LogP) is 2.57. The lowest BCUT2D eigenvalue weighted by atomic mass is 10.1. The molecule has 0 aromatic carbocycles. The molecule has 0 atom stereocenters. The van der Waals surface area contributed by atoms with Crippen molar-refractivity contribution >= 4 is 19.7 Å². The first-order valence-electron chi connectivity index (χ1n) is 3.66. The van der Waals surface area contributed by atoms with Crippen LogP contribution in [0, 0.1) is 0 Å². The number of hydrogen-bond acceptors (Lipinski definition) is 4. The van der Waals surface area contributed by atoms with Crippen molar-refractivity contribution in [3.05, 3.63) is 10.6 Å². The van der Waals surface area contributed by atoms with Crippen molar-refractivity contribution in [1.82, 2.24) is 0 Å². The van der Waals surface area contributed by atoms with Crippen LogP contribution < -0.4 is 0 Å². The summed E-state index contributed by atoms with van der Waals surface area (Å²) < 4.78 is 59.0. The largest absolute Gasteiger partial charge is 0.436 e. The van der Waals surface area contributed by atoms with Crippen molar-refractivity contribution < 1.29 is 21.6 Å². The van der Waals surface area contributed by atoms with Gasteiger partial charge in [0.2, 0.25) is 0 Å². The average molecular weight is 263 g/mol. The maximum Gasteiger partial charge on any atom is 0.436 e.